The van der Waals surface area contributed by atoms with Gasteiger partial charge < -0.3 is 15.6 Å². The molecule has 1 radical (unpaired) electrons. The Morgan fingerprint density at radius 3 is 2.69 bits per heavy atom. The highest BCUT2D eigenvalue weighted by atomic mass is 16.5. The van der Waals surface area contributed by atoms with E-state index in [9.17, 15) is 9.90 Å². The van der Waals surface area contributed by atoms with Crippen LogP contribution in [0.1, 0.15) is 18.1 Å². The van der Waals surface area contributed by atoms with Gasteiger partial charge in [0.1, 0.15) is 22.4 Å². The number of hydrogen-bond acceptors (Lipinski definition) is 5. The first-order valence-electron chi connectivity index (χ1n) is 7.83. The summed E-state index contributed by atoms with van der Waals surface area (Å²) in [6.07, 6.45) is 3.37. The van der Waals surface area contributed by atoms with Crippen molar-refractivity contribution in [2.75, 3.05) is 7.11 Å². The molecule has 0 aliphatic heterocycles. The fourth-order valence-corrected chi connectivity index (χ4v) is 2.56. The number of ether oxygens (including phenoxy) is 1. The number of methoxy groups -OCH3 is 1. The molecule has 1 atom stereocenters. The second kappa shape index (κ2) is 6.85. The lowest BCUT2D eigenvalue weighted by atomic mass is 9.94. The molecular formula is C18H18N5O3. The molecule has 1 heterocycles. The first-order chi connectivity index (χ1) is 12.4. The van der Waals surface area contributed by atoms with Crippen LogP contribution in [0.5, 0.6) is 5.75 Å². The lowest BCUT2D eigenvalue weighted by Crippen LogP contribution is -2.28. The van der Waals surface area contributed by atoms with Gasteiger partial charge in [-0.05, 0) is 42.0 Å². The van der Waals surface area contributed by atoms with Crippen molar-refractivity contribution in [1.82, 2.24) is 20.5 Å². The van der Waals surface area contributed by atoms with Gasteiger partial charge >= 0.3 is 6.03 Å². The summed E-state index contributed by atoms with van der Waals surface area (Å²) in [5, 5.41) is 18.5. The van der Waals surface area contributed by atoms with Crippen LogP contribution >= 0.6 is 0 Å². The highest BCUT2D eigenvalue weighted by Gasteiger charge is 2.20. The molecule has 1 unspecified atom stereocenters. The van der Waals surface area contributed by atoms with Crippen molar-refractivity contribution in [2.24, 2.45) is 5.73 Å². The molecule has 0 bridgehead atoms. The molecule has 0 fully saturated rings. The highest BCUT2D eigenvalue weighted by Crippen LogP contribution is 2.26. The maximum absolute atomic E-state index is 11.1. The maximum Gasteiger partial charge on any atom is 0.357 e. The molecule has 3 rings (SSSR count). The number of fused-ring (bicyclic) bond motifs is 1. The number of amides is 2. The molecule has 0 saturated carbocycles. The molecule has 0 spiro atoms. The Morgan fingerprint density at radius 1 is 1.31 bits per heavy atom. The van der Waals surface area contributed by atoms with E-state index in [1.807, 2.05) is 0 Å². The van der Waals surface area contributed by atoms with E-state index in [-0.39, 0.29) is 0 Å². The Balaban J connectivity index is 1.96. The van der Waals surface area contributed by atoms with E-state index in [4.69, 9.17) is 10.5 Å². The Hall–Kier alpha value is -3.39. The van der Waals surface area contributed by atoms with Crippen LogP contribution in [-0.2, 0) is 5.60 Å². The van der Waals surface area contributed by atoms with Gasteiger partial charge in [-0.2, -0.15) is 0 Å². The summed E-state index contributed by atoms with van der Waals surface area (Å²) >= 11 is 0. The minimum atomic E-state index is -1.21. The van der Waals surface area contributed by atoms with E-state index in [2.05, 4.69) is 15.7 Å². The van der Waals surface area contributed by atoms with Crippen molar-refractivity contribution in [1.29, 1.82) is 0 Å². The van der Waals surface area contributed by atoms with Crippen molar-refractivity contribution in [3.05, 3.63) is 59.7 Å². The van der Waals surface area contributed by atoms with Crippen molar-refractivity contribution >= 4 is 23.1 Å². The van der Waals surface area contributed by atoms with Crippen molar-refractivity contribution < 1.29 is 14.6 Å². The molecule has 8 heteroatoms. The van der Waals surface area contributed by atoms with Crippen LogP contribution in [0.4, 0.5) is 4.79 Å². The van der Waals surface area contributed by atoms with Gasteiger partial charge in [0.2, 0.25) is 0 Å². The number of aromatic nitrogens is 3. The summed E-state index contributed by atoms with van der Waals surface area (Å²) in [4.78, 5) is 12.2. The van der Waals surface area contributed by atoms with Gasteiger partial charge in [0.25, 0.3) is 0 Å². The Morgan fingerprint density at radius 2 is 2.04 bits per heavy atom. The van der Waals surface area contributed by atoms with Crippen molar-refractivity contribution in [2.45, 2.75) is 12.5 Å². The SMILES string of the molecule is COc1ccc(C(C)(O)/C=C\c2cccc3nnn([N]C(N)=O)c23)cc1. The zero-order chi connectivity index (χ0) is 18.7. The quantitative estimate of drug-likeness (QED) is 0.726. The molecule has 3 N–H and O–H groups in total. The zero-order valence-corrected chi connectivity index (χ0v) is 14.3. The van der Waals surface area contributed by atoms with Crippen molar-refractivity contribution in [3.63, 3.8) is 0 Å². The average Bonchev–Trinajstić information content (AvgIpc) is 3.03. The van der Waals surface area contributed by atoms with Gasteiger partial charge in [-0.25, -0.2) is 4.79 Å². The smallest absolute Gasteiger partial charge is 0.357 e. The molecule has 2 amide bonds. The summed E-state index contributed by atoms with van der Waals surface area (Å²) in [5.74, 6) is 0.710. The molecule has 2 aromatic carbocycles. The van der Waals surface area contributed by atoms with Crippen LogP contribution in [0, 0.1) is 0 Å². The van der Waals surface area contributed by atoms with E-state index in [1.54, 1.807) is 68.7 Å². The monoisotopic (exact) mass is 352 g/mol. The third kappa shape index (κ3) is 3.50. The van der Waals surface area contributed by atoms with Crippen LogP contribution in [0.2, 0.25) is 0 Å². The molecule has 0 aliphatic carbocycles. The van der Waals surface area contributed by atoms with Gasteiger partial charge in [-0.15, -0.1) is 9.89 Å². The van der Waals surface area contributed by atoms with Gasteiger partial charge in [-0.3, -0.25) is 0 Å². The number of carbonyl (C=O) groups excluding carboxylic acids is 1. The second-order valence-electron chi connectivity index (χ2n) is 5.84. The number of nitrogens with two attached hydrogens (primary N) is 1. The fourth-order valence-electron chi connectivity index (χ4n) is 2.56. The molecule has 133 valence electrons. The highest BCUT2D eigenvalue weighted by molar-refractivity contribution is 5.85. The van der Waals surface area contributed by atoms with Gasteiger partial charge in [0.05, 0.1) is 7.11 Å². The molecule has 0 aliphatic rings. The van der Waals surface area contributed by atoms with Gasteiger partial charge in [0.15, 0.2) is 0 Å². The van der Waals surface area contributed by atoms with Crippen LogP contribution in [0.15, 0.2) is 48.5 Å². The number of benzene rings is 2. The summed E-state index contributed by atoms with van der Waals surface area (Å²) in [5.41, 5.74) is 9.96. The normalized spacial score (nSPS) is 13.7. The first kappa shape index (κ1) is 17.4. The summed E-state index contributed by atoms with van der Waals surface area (Å²) in [6, 6.07) is 11.6. The maximum atomic E-state index is 11.1. The Labute approximate surface area is 149 Å². The van der Waals surface area contributed by atoms with E-state index in [0.29, 0.717) is 27.9 Å². The fraction of sp³-hybridized carbons (Fsp3) is 0.167. The number of aliphatic hydroxyl groups is 1. The molecular weight excluding hydrogens is 334 g/mol. The lowest BCUT2D eigenvalue weighted by Gasteiger charge is -2.20. The predicted octanol–water partition coefficient (Wildman–Crippen LogP) is 1.81. The van der Waals surface area contributed by atoms with E-state index in [1.165, 1.54) is 0 Å². The van der Waals surface area contributed by atoms with Crippen LogP contribution in [-0.4, -0.2) is 33.4 Å². The van der Waals surface area contributed by atoms with Crippen LogP contribution in [0.3, 0.4) is 0 Å². The van der Waals surface area contributed by atoms with Gasteiger partial charge in [-0.1, -0.05) is 35.8 Å². The summed E-state index contributed by atoms with van der Waals surface area (Å²) in [7, 11) is 1.59. The molecule has 26 heavy (non-hydrogen) atoms. The van der Waals surface area contributed by atoms with E-state index in [0.717, 1.165) is 4.79 Å². The number of hydrogen-bond donors (Lipinski definition) is 2. The molecule has 3 aromatic rings. The largest absolute Gasteiger partial charge is 0.497 e. The number of urea groups is 1. The number of primary amides is 1. The Bertz CT molecular complexity index is 961. The number of rotatable bonds is 5. The van der Waals surface area contributed by atoms with Crippen LogP contribution in [0.25, 0.3) is 17.1 Å². The van der Waals surface area contributed by atoms with Crippen molar-refractivity contribution in [3.8, 4) is 5.75 Å². The van der Waals surface area contributed by atoms with Crippen LogP contribution < -0.4 is 15.9 Å². The number of para-hydroxylation sites is 1. The minimum absolute atomic E-state index is 0.521. The van der Waals surface area contributed by atoms with E-state index >= 15 is 0 Å². The summed E-state index contributed by atoms with van der Waals surface area (Å²) in [6.45, 7) is 1.68. The third-order valence-electron chi connectivity index (χ3n) is 3.94. The minimum Gasteiger partial charge on any atom is -0.497 e. The standard InChI is InChI=1S/C18H18N5O3/c1-18(25,13-6-8-14(26-2)9-7-13)11-10-12-4-3-5-15-16(12)23(22-20-15)21-17(19)24/h3-11,25H,1-2H3,(H2,19,24)/b11-10-. The van der Waals surface area contributed by atoms with E-state index < -0.39 is 11.6 Å². The predicted molar refractivity (Wildman–Crippen MR) is 96.2 cm³/mol. The average molecular weight is 352 g/mol. The molecule has 8 nitrogen and oxygen atoms in total. The Kier molecular flexibility index (Phi) is 4.59. The lowest BCUT2D eigenvalue weighted by molar-refractivity contribution is 0.112. The number of nitrogens with zero attached hydrogens (tertiary/aromatic N) is 4. The first-order valence-corrected chi connectivity index (χ1v) is 7.83. The number of carbonyl (C=O) groups is 1. The second-order valence-corrected chi connectivity index (χ2v) is 5.84. The molecule has 0 saturated heterocycles. The zero-order valence-electron chi connectivity index (χ0n) is 14.3. The molecule has 1 aromatic heterocycles. The van der Waals surface area contributed by atoms with Gasteiger partial charge in [0, 0.05) is 5.56 Å². The third-order valence-corrected chi connectivity index (χ3v) is 3.94. The topological polar surface area (TPSA) is 117 Å². The summed E-state index contributed by atoms with van der Waals surface area (Å²) < 4.78 is 5.13.